The molecule has 0 saturated carbocycles. The van der Waals surface area contributed by atoms with E-state index >= 15 is 0 Å². The Hall–Kier alpha value is -1.55. The average Bonchev–Trinajstić information content (AvgIpc) is 2.50. The monoisotopic (exact) mass is 332 g/mol. The number of carbonyl (C=O) groups excluding carboxylic acids is 1. The summed E-state index contributed by atoms with van der Waals surface area (Å²) in [6, 6.07) is 11.1. The topological polar surface area (TPSA) is 32.8 Å². The molecular formula is C20H32N2O2. The lowest BCUT2D eigenvalue weighted by Crippen LogP contribution is -2.59. The van der Waals surface area contributed by atoms with Crippen molar-refractivity contribution in [3.05, 3.63) is 35.9 Å². The van der Waals surface area contributed by atoms with Crippen molar-refractivity contribution in [2.75, 3.05) is 13.1 Å². The van der Waals surface area contributed by atoms with Gasteiger partial charge in [0.1, 0.15) is 5.60 Å². The first-order valence-electron chi connectivity index (χ1n) is 9.07. The van der Waals surface area contributed by atoms with Gasteiger partial charge in [-0.25, -0.2) is 4.79 Å². The lowest BCUT2D eigenvalue weighted by molar-refractivity contribution is -0.0168. The van der Waals surface area contributed by atoms with E-state index in [2.05, 4.69) is 43.0 Å². The van der Waals surface area contributed by atoms with Crippen molar-refractivity contribution in [1.82, 2.24) is 9.80 Å². The summed E-state index contributed by atoms with van der Waals surface area (Å²) < 4.78 is 5.62. The minimum absolute atomic E-state index is 0.174. The molecule has 1 unspecified atom stereocenters. The van der Waals surface area contributed by atoms with E-state index < -0.39 is 5.60 Å². The van der Waals surface area contributed by atoms with Crippen molar-refractivity contribution < 1.29 is 9.53 Å². The molecule has 134 valence electrons. The smallest absolute Gasteiger partial charge is 0.410 e. The SMILES string of the molecule is CCC[C@H]1CN(Cc2ccccc2)C(C)CN1C(=O)OC(C)(C)C. The van der Waals surface area contributed by atoms with Gasteiger partial charge in [-0.1, -0.05) is 43.7 Å². The van der Waals surface area contributed by atoms with E-state index in [0.29, 0.717) is 6.04 Å². The average molecular weight is 332 g/mol. The highest BCUT2D eigenvalue weighted by atomic mass is 16.6. The number of nitrogens with zero attached hydrogens (tertiary/aromatic N) is 2. The quantitative estimate of drug-likeness (QED) is 0.824. The number of carbonyl (C=O) groups is 1. The van der Waals surface area contributed by atoms with Crippen LogP contribution in [-0.2, 0) is 11.3 Å². The fourth-order valence-corrected chi connectivity index (χ4v) is 3.26. The minimum atomic E-state index is -0.446. The minimum Gasteiger partial charge on any atom is -0.444 e. The Bertz CT molecular complexity index is 524. The third-order valence-electron chi connectivity index (χ3n) is 4.45. The molecule has 1 aromatic carbocycles. The highest BCUT2D eigenvalue weighted by Gasteiger charge is 2.36. The Labute approximate surface area is 146 Å². The summed E-state index contributed by atoms with van der Waals surface area (Å²) in [6.07, 6.45) is 1.90. The van der Waals surface area contributed by atoms with Crippen LogP contribution in [-0.4, -0.2) is 46.7 Å². The van der Waals surface area contributed by atoms with Crippen LogP contribution in [0.5, 0.6) is 0 Å². The van der Waals surface area contributed by atoms with E-state index in [9.17, 15) is 4.79 Å². The van der Waals surface area contributed by atoms with Gasteiger partial charge < -0.3 is 9.64 Å². The first kappa shape index (κ1) is 18.8. The molecule has 1 amide bonds. The molecule has 0 aliphatic carbocycles. The first-order valence-corrected chi connectivity index (χ1v) is 9.07. The zero-order valence-corrected chi connectivity index (χ0v) is 15.8. The predicted molar refractivity (Wildman–Crippen MR) is 98.0 cm³/mol. The first-order chi connectivity index (χ1) is 11.3. The van der Waals surface area contributed by atoms with Gasteiger partial charge in [0.05, 0.1) is 0 Å². The summed E-state index contributed by atoms with van der Waals surface area (Å²) in [7, 11) is 0. The van der Waals surface area contributed by atoms with Crippen LogP contribution in [0.4, 0.5) is 4.79 Å². The molecular weight excluding hydrogens is 300 g/mol. The molecule has 1 fully saturated rings. The van der Waals surface area contributed by atoms with Crippen LogP contribution in [0.2, 0.25) is 0 Å². The van der Waals surface area contributed by atoms with Crippen LogP contribution < -0.4 is 0 Å². The van der Waals surface area contributed by atoms with Crippen LogP contribution in [0.15, 0.2) is 30.3 Å². The van der Waals surface area contributed by atoms with E-state index in [1.165, 1.54) is 5.56 Å². The van der Waals surface area contributed by atoms with Crippen LogP contribution >= 0.6 is 0 Å². The molecule has 2 atom stereocenters. The molecule has 0 N–H and O–H groups in total. The Morgan fingerprint density at radius 2 is 1.88 bits per heavy atom. The van der Waals surface area contributed by atoms with E-state index in [1.54, 1.807) is 0 Å². The molecule has 1 aliphatic heterocycles. The fourth-order valence-electron chi connectivity index (χ4n) is 3.26. The zero-order chi connectivity index (χ0) is 17.7. The van der Waals surface area contributed by atoms with Gasteiger partial charge in [-0.3, -0.25) is 4.90 Å². The van der Waals surface area contributed by atoms with E-state index in [0.717, 1.165) is 32.5 Å². The van der Waals surface area contributed by atoms with Crippen LogP contribution in [0.1, 0.15) is 53.0 Å². The summed E-state index contributed by atoms with van der Waals surface area (Å²) in [4.78, 5) is 17.0. The Morgan fingerprint density at radius 1 is 1.21 bits per heavy atom. The summed E-state index contributed by atoms with van der Waals surface area (Å²) in [5, 5.41) is 0. The molecule has 0 spiro atoms. The molecule has 4 heteroatoms. The number of ether oxygens (including phenoxy) is 1. The van der Waals surface area contributed by atoms with Gasteiger partial charge in [-0.15, -0.1) is 0 Å². The summed E-state index contributed by atoms with van der Waals surface area (Å²) in [5.41, 5.74) is 0.878. The number of hydrogen-bond donors (Lipinski definition) is 0. The maximum Gasteiger partial charge on any atom is 0.410 e. The maximum atomic E-state index is 12.6. The number of hydrogen-bond acceptors (Lipinski definition) is 3. The molecule has 1 saturated heterocycles. The van der Waals surface area contributed by atoms with E-state index in [-0.39, 0.29) is 12.1 Å². The number of amides is 1. The zero-order valence-electron chi connectivity index (χ0n) is 15.8. The van der Waals surface area contributed by atoms with Gasteiger partial charge in [0.15, 0.2) is 0 Å². The van der Waals surface area contributed by atoms with Crippen molar-refractivity contribution >= 4 is 6.09 Å². The lowest BCUT2D eigenvalue weighted by Gasteiger charge is -2.45. The molecule has 1 heterocycles. The molecule has 0 bridgehead atoms. The Kier molecular flexibility index (Phi) is 6.27. The number of benzene rings is 1. The summed E-state index contributed by atoms with van der Waals surface area (Å²) >= 11 is 0. The Balaban J connectivity index is 2.07. The van der Waals surface area contributed by atoms with Crippen LogP contribution in [0.3, 0.4) is 0 Å². The highest BCUT2D eigenvalue weighted by molar-refractivity contribution is 5.68. The van der Waals surface area contributed by atoms with Crippen molar-refractivity contribution in [2.24, 2.45) is 0 Å². The maximum absolute atomic E-state index is 12.6. The van der Waals surface area contributed by atoms with Gasteiger partial charge in [0, 0.05) is 31.7 Å². The summed E-state index contributed by atoms with van der Waals surface area (Å²) in [6.45, 7) is 12.7. The lowest BCUT2D eigenvalue weighted by atomic mass is 10.0. The third-order valence-corrected chi connectivity index (χ3v) is 4.45. The Morgan fingerprint density at radius 3 is 2.46 bits per heavy atom. The van der Waals surface area contributed by atoms with Gasteiger partial charge in [0.2, 0.25) is 0 Å². The van der Waals surface area contributed by atoms with E-state index in [4.69, 9.17) is 4.74 Å². The number of piperazine rings is 1. The molecule has 2 rings (SSSR count). The van der Waals surface area contributed by atoms with Crippen molar-refractivity contribution in [2.45, 2.75) is 71.7 Å². The predicted octanol–water partition coefficient (Wildman–Crippen LogP) is 4.30. The number of rotatable bonds is 4. The van der Waals surface area contributed by atoms with Gasteiger partial charge >= 0.3 is 6.09 Å². The standard InChI is InChI=1S/C20H32N2O2/c1-6-10-18-15-21(14-17-11-8-7-9-12-17)16(2)13-22(18)19(23)24-20(3,4)5/h7-9,11-12,16,18H,6,10,13-15H2,1-5H3/t16?,18-/m0/s1. The van der Waals surface area contributed by atoms with E-state index in [1.807, 2.05) is 31.7 Å². The molecule has 1 aromatic rings. The third kappa shape index (κ3) is 5.23. The van der Waals surface area contributed by atoms with Gasteiger partial charge in [0.25, 0.3) is 0 Å². The second kappa shape index (κ2) is 8.02. The van der Waals surface area contributed by atoms with Gasteiger partial charge in [-0.05, 0) is 39.7 Å². The second-order valence-corrected chi connectivity index (χ2v) is 7.84. The molecule has 24 heavy (non-hydrogen) atoms. The molecule has 1 aliphatic rings. The van der Waals surface area contributed by atoms with Crippen molar-refractivity contribution in [1.29, 1.82) is 0 Å². The van der Waals surface area contributed by atoms with Crippen LogP contribution in [0.25, 0.3) is 0 Å². The summed E-state index contributed by atoms with van der Waals surface area (Å²) in [5.74, 6) is 0. The largest absolute Gasteiger partial charge is 0.444 e. The van der Waals surface area contributed by atoms with Crippen molar-refractivity contribution in [3.63, 3.8) is 0 Å². The normalized spacial score (nSPS) is 22.5. The van der Waals surface area contributed by atoms with Crippen LogP contribution in [0, 0.1) is 0 Å². The molecule has 0 aromatic heterocycles. The molecule has 0 radical (unpaired) electrons. The highest BCUT2D eigenvalue weighted by Crippen LogP contribution is 2.23. The fraction of sp³-hybridized carbons (Fsp3) is 0.650. The van der Waals surface area contributed by atoms with Crippen molar-refractivity contribution in [3.8, 4) is 0 Å². The molecule has 4 nitrogen and oxygen atoms in total. The van der Waals surface area contributed by atoms with Gasteiger partial charge in [-0.2, -0.15) is 0 Å². The second-order valence-electron chi connectivity index (χ2n) is 7.84.